The summed E-state index contributed by atoms with van der Waals surface area (Å²) in [5, 5.41) is 2.75. The monoisotopic (exact) mass is 416 g/mol. The van der Waals surface area contributed by atoms with Crippen molar-refractivity contribution in [1.82, 2.24) is 4.31 Å². The fourth-order valence-corrected chi connectivity index (χ4v) is 5.19. The summed E-state index contributed by atoms with van der Waals surface area (Å²) in [6.45, 7) is 5.19. The molecule has 7 heteroatoms. The highest BCUT2D eigenvalue weighted by Gasteiger charge is 2.28. The number of rotatable bonds is 7. The van der Waals surface area contributed by atoms with E-state index in [0.29, 0.717) is 18.8 Å². The molecule has 0 unspecified atom stereocenters. The summed E-state index contributed by atoms with van der Waals surface area (Å²) in [5.74, 6) is 0.505. The van der Waals surface area contributed by atoms with Gasteiger partial charge in [0, 0.05) is 13.1 Å². The van der Waals surface area contributed by atoms with Crippen LogP contribution in [0.4, 0.5) is 5.69 Å². The van der Waals surface area contributed by atoms with Crippen LogP contribution >= 0.6 is 0 Å². The van der Waals surface area contributed by atoms with Crippen LogP contribution in [-0.4, -0.2) is 38.3 Å². The van der Waals surface area contributed by atoms with E-state index in [-0.39, 0.29) is 23.8 Å². The molecule has 0 aromatic heterocycles. The van der Waals surface area contributed by atoms with Crippen LogP contribution in [0.2, 0.25) is 0 Å². The van der Waals surface area contributed by atoms with Gasteiger partial charge in [0.15, 0.2) is 0 Å². The van der Waals surface area contributed by atoms with Gasteiger partial charge in [0.1, 0.15) is 10.6 Å². The summed E-state index contributed by atoms with van der Waals surface area (Å²) < 4.78 is 33.3. The molecule has 1 amide bonds. The van der Waals surface area contributed by atoms with Gasteiger partial charge in [-0.05, 0) is 49.9 Å². The Morgan fingerprint density at radius 1 is 1.00 bits per heavy atom. The first-order valence-corrected chi connectivity index (χ1v) is 11.4. The minimum atomic E-state index is -3.63. The second-order valence-electron chi connectivity index (χ2n) is 7.33. The SMILES string of the molecule is Cc1cccc(C)c1OCCC(=O)Nc1ccccc1S(=O)(=O)N1CCCCC1. The Labute approximate surface area is 172 Å². The average Bonchev–Trinajstić information content (AvgIpc) is 2.71. The molecular weight excluding hydrogens is 388 g/mol. The number of aryl methyl sites for hydroxylation is 2. The third-order valence-electron chi connectivity index (χ3n) is 5.08. The molecule has 2 aromatic rings. The van der Waals surface area contributed by atoms with Gasteiger partial charge in [0.2, 0.25) is 15.9 Å². The molecule has 156 valence electrons. The highest BCUT2D eigenvalue weighted by molar-refractivity contribution is 7.89. The molecule has 0 spiro atoms. The van der Waals surface area contributed by atoms with E-state index in [9.17, 15) is 13.2 Å². The molecule has 3 rings (SSSR count). The van der Waals surface area contributed by atoms with Crippen molar-refractivity contribution in [2.75, 3.05) is 25.0 Å². The van der Waals surface area contributed by atoms with Crippen LogP contribution in [-0.2, 0) is 14.8 Å². The standard InChI is InChI=1S/C22H28N2O4S/c1-17-9-8-10-18(2)22(17)28-16-13-21(25)23-19-11-4-5-12-20(19)29(26,27)24-14-6-3-7-15-24/h4-5,8-12H,3,6-7,13-16H2,1-2H3,(H,23,25). The first kappa shape index (κ1) is 21.3. The number of anilines is 1. The Balaban J connectivity index is 1.65. The summed E-state index contributed by atoms with van der Waals surface area (Å²) in [4.78, 5) is 12.6. The lowest BCUT2D eigenvalue weighted by atomic mass is 10.1. The first-order chi connectivity index (χ1) is 13.9. The van der Waals surface area contributed by atoms with Crippen LogP contribution in [0.1, 0.15) is 36.8 Å². The Morgan fingerprint density at radius 3 is 2.34 bits per heavy atom. The lowest BCUT2D eigenvalue weighted by Gasteiger charge is -2.26. The Bertz CT molecular complexity index is 946. The maximum atomic E-state index is 13.0. The average molecular weight is 417 g/mol. The maximum absolute atomic E-state index is 13.0. The topological polar surface area (TPSA) is 75.7 Å². The predicted molar refractivity (Wildman–Crippen MR) is 114 cm³/mol. The zero-order valence-corrected chi connectivity index (χ0v) is 17.8. The minimum absolute atomic E-state index is 0.131. The Morgan fingerprint density at radius 2 is 1.66 bits per heavy atom. The zero-order chi connectivity index (χ0) is 20.9. The van der Waals surface area contributed by atoms with Crippen molar-refractivity contribution in [2.24, 2.45) is 0 Å². The normalized spacial score (nSPS) is 15.1. The van der Waals surface area contributed by atoms with E-state index in [1.807, 2.05) is 32.0 Å². The smallest absolute Gasteiger partial charge is 0.245 e. The molecule has 6 nitrogen and oxygen atoms in total. The van der Waals surface area contributed by atoms with Crippen LogP contribution in [0.3, 0.4) is 0 Å². The first-order valence-electron chi connectivity index (χ1n) is 9.97. The van der Waals surface area contributed by atoms with Gasteiger partial charge >= 0.3 is 0 Å². The number of piperidine rings is 1. The Kier molecular flexibility index (Phi) is 6.92. The van der Waals surface area contributed by atoms with E-state index in [1.54, 1.807) is 24.3 Å². The molecule has 29 heavy (non-hydrogen) atoms. The van der Waals surface area contributed by atoms with Crippen molar-refractivity contribution in [3.63, 3.8) is 0 Å². The van der Waals surface area contributed by atoms with Crippen LogP contribution in [0, 0.1) is 13.8 Å². The van der Waals surface area contributed by atoms with Gasteiger partial charge in [-0.1, -0.05) is 36.8 Å². The molecule has 1 aliphatic heterocycles. The summed E-state index contributed by atoms with van der Waals surface area (Å²) >= 11 is 0. The van der Waals surface area contributed by atoms with E-state index in [4.69, 9.17) is 4.74 Å². The number of nitrogens with zero attached hydrogens (tertiary/aromatic N) is 1. The molecule has 1 N–H and O–H groups in total. The van der Waals surface area contributed by atoms with Crippen LogP contribution in [0.15, 0.2) is 47.4 Å². The number of hydrogen-bond acceptors (Lipinski definition) is 4. The highest BCUT2D eigenvalue weighted by atomic mass is 32.2. The quantitative estimate of drug-likeness (QED) is 0.743. The number of amides is 1. The van der Waals surface area contributed by atoms with Crippen molar-refractivity contribution < 1.29 is 17.9 Å². The van der Waals surface area contributed by atoms with E-state index in [0.717, 1.165) is 36.1 Å². The molecular formula is C22H28N2O4S. The van der Waals surface area contributed by atoms with Crippen LogP contribution in [0.25, 0.3) is 0 Å². The van der Waals surface area contributed by atoms with Gasteiger partial charge in [0.25, 0.3) is 0 Å². The van der Waals surface area contributed by atoms with E-state index >= 15 is 0 Å². The number of ether oxygens (including phenoxy) is 1. The molecule has 0 saturated carbocycles. The number of benzene rings is 2. The second-order valence-corrected chi connectivity index (χ2v) is 9.23. The third-order valence-corrected chi connectivity index (χ3v) is 7.04. The van der Waals surface area contributed by atoms with Gasteiger partial charge in [-0.3, -0.25) is 4.79 Å². The number of carbonyl (C=O) groups is 1. The number of para-hydroxylation sites is 2. The molecule has 1 heterocycles. The lowest BCUT2D eigenvalue weighted by Crippen LogP contribution is -2.36. The van der Waals surface area contributed by atoms with Crippen LogP contribution < -0.4 is 10.1 Å². The lowest BCUT2D eigenvalue weighted by molar-refractivity contribution is -0.116. The summed E-state index contributed by atoms with van der Waals surface area (Å²) in [6, 6.07) is 12.5. The summed E-state index contributed by atoms with van der Waals surface area (Å²) in [6.07, 6.45) is 2.91. The largest absolute Gasteiger partial charge is 0.493 e. The molecule has 1 aliphatic rings. The number of sulfonamides is 1. The minimum Gasteiger partial charge on any atom is -0.493 e. The van der Waals surface area contributed by atoms with Crippen molar-refractivity contribution in [3.8, 4) is 5.75 Å². The number of carbonyl (C=O) groups excluding carboxylic acids is 1. The van der Waals surface area contributed by atoms with Crippen molar-refractivity contribution in [1.29, 1.82) is 0 Å². The van der Waals surface area contributed by atoms with E-state index in [1.165, 1.54) is 4.31 Å². The molecule has 0 aliphatic carbocycles. The van der Waals surface area contributed by atoms with Gasteiger partial charge in [0.05, 0.1) is 18.7 Å². The van der Waals surface area contributed by atoms with E-state index < -0.39 is 10.0 Å². The van der Waals surface area contributed by atoms with Gasteiger partial charge in [-0.2, -0.15) is 4.31 Å². The van der Waals surface area contributed by atoms with Gasteiger partial charge in [-0.15, -0.1) is 0 Å². The summed E-state index contributed by atoms with van der Waals surface area (Å²) in [5.41, 5.74) is 2.35. The fraction of sp³-hybridized carbons (Fsp3) is 0.409. The molecule has 1 fully saturated rings. The molecule has 0 bridgehead atoms. The second kappa shape index (κ2) is 9.41. The third kappa shape index (κ3) is 5.16. The highest BCUT2D eigenvalue weighted by Crippen LogP contribution is 2.27. The van der Waals surface area contributed by atoms with Crippen LogP contribution in [0.5, 0.6) is 5.75 Å². The Hall–Kier alpha value is -2.38. The summed E-state index contributed by atoms with van der Waals surface area (Å²) in [7, 11) is -3.63. The van der Waals surface area contributed by atoms with Crippen molar-refractivity contribution in [3.05, 3.63) is 53.6 Å². The van der Waals surface area contributed by atoms with Gasteiger partial charge < -0.3 is 10.1 Å². The molecule has 0 radical (unpaired) electrons. The maximum Gasteiger partial charge on any atom is 0.245 e. The number of hydrogen-bond donors (Lipinski definition) is 1. The molecule has 0 atom stereocenters. The predicted octanol–water partition coefficient (Wildman–Crippen LogP) is 3.89. The number of nitrogens with one attached hydrogen (secondary N) is 1. The van der Waals surface area contributed by atoms with Crippen molar-refractivity contribution in [2.45, 2.75) is 44.4 Å². The van der Waals surface area contributed by atoms with E-state index in [2.05, 4.69) is 5.32 Å². The molecule has 1 saturated heterocycles. The van der Waals surface area contributed by atoms with Crippen molar-refractivity contribution >= 4 is 21.6 Å². The van der Waals surface area contributed by atoms with Gasteiger partial charge in [-0.25, -0.2) is 8.42 Å². The fourth-order valence-electron chi connectivity index (χ4n) is 3.52. The molecule has 2 aromatic carbocycles. The zero-order valence-electron chi connectivity index (χ0n) is 17.0.